The first-order valence-electron chi connectivity index (χ1n) is 9.55. The van der Waals surface area contributed by atoms with Crippen molar-refractivity contribution in [2.75, 3.05) is 19.7 Å². The van der Waals surface area contributed by atoms with Gasteiger partial charge in [-0.1, -0.05) is 61.0 Å². The number of benzene rings is 2. The number of nitrogens with zero attached hydrogens (tertiary/aromatic N) is 1. The molecule has 0 aliphatic carbocycles. The number of likely N-dealkylation sites (N-methyl/N-ethyl adjacent to an activating group) is 1. The number of carbonyl (C=O) groups is 2. The summed E-state index contributed by atoms with van der Waals surface area (Å²) >= 11 is 6.10. The highest BCUT2D eigenvalue weighted by Crippen LogP contribution is 2.23. The Bertz CT molecular complexity index is 767. The van der Waals surface area contributed by atoms with E-state index in [2.05, 4.69) is 5.32 Å². The van der Waals surface area contributed by atoms with Crippen molar-refractivity contribution in [3.8, 4) is 5.75 Å². The Morgan fingerprint density at radius 2 is 1.75 bits per heavy atom. The van der Waals surface area contributed by atoms with Gasteiger partial charge in [0.05, 0.1) is 5.02 Å². The van der Waals surface area contributed by atoms with Crippen molar-refractivity contribution in [3.63, 3.8) is 0 Å². The Labute approximate surface area is 171 Å². The maximum Gasteiger partial charge on any atom is 0.261 e. The largest absolute Gasteiger partial charge is 0.482 e. The van der Waals surface area contributed by atoms with E-state index in [0.29, 0.717) is 36.7 Å². The van der Waals surface area contributed by atoms with Crippen LogP contribution in [0.15, 0.2) is 54.6 Å². The number of rotatable bonds is 10. The van der Waals surface area contributed by atoms with Crippen molar-refractivity contribution in [1.29, 1.82) is 0 Å². The van der Waals surface area contributed by atoms with Gasteiger partial charge in [0.2, 0.25) is 5.91 Å². The average molecular weight is 403 g/mol. The van der Waals surface area contributed by atoms with Crippen molar-refractivity contribution < 1.29 is 14.3 Å². The molecule has 150 valence electrons. The number of hydrogen-bond donors (Lipinski definition) is 1. The monoisotopic (exact) mass is 402 g/mol. The lowest BCUT2D eigenvalue weighted by Gasteiger charge is -2.30. The summed E-state index contributed by atoms with van der Waals surface area (Å²) in [6, 6.07) is 16.4. The molecule has 0 spiro atoms. The molecule has 0 aromatic heterocycles. The van der Waals surface area contributed by atoms with Gasteiger partial charge in [-0.2, -0.15) is 0 Å². The lowest BCUT2D eigenvalue weighted by Crippen LogP contribution is -2.51. The van der Waals surface area contributed by atoms with Gasteiger partial charge in [0, 0.05) is 13.1 Å². The Hall–Kier alpha value is -2.53. The Morgan fingerprint density at radius 3 is 2.39 bits per heavy atom. The van der Waals surface area contributed by atoms with E-state index in [1.807, 2.05) is 44.2 Å². The molecule has 6 heteroatoms. The highest BCUT2D eigenvalue weighted by atomic mass is 35.5. The van der Waals surface area contributed by atoms with E-state index in [4.69, 9.17) is 16.3 Å². The fourth-order valence-corrected chi connectivity index (χ4v) is 3.16. The van der Waals surface area contributed by atoms with E-state index in [1.54, 1.807) is 29.2 Å². The molecule has 2 aromatic rings. The molecule has 2 rings (SSSR count). The molecule has 0 unspecified atom stereocenters. The Morgan fingerprint density at radius 1 is 1.07 bits per heavy atom. The molecule has 0 saturated heterocycles. The van der Waals surface area contributed by atoms with E-state index in [1.165, 1.54) is 0 Å². The maximum absolute atomic E-state index is 12.9. The van der Waals surface area contributed by atoms with Crippen LogP contribution in [0.1, 0.15) is 25.8 Å². The summed E-state index contributed by atoms with van der Waals surface area (Å²) in [5.74, 6) is 0.0599. The number of amides is 2. The third-order valence-electron chi connectivity index (χ3n) is 4.41. The summed E-state index contributed by atoms with van der Waals surface area (Å²) in [5, 5.41) is 3.26. The topological polar surface area (TPSA) is 58.6 Å². The van der Waals surface area contributed by atoms with Gasteiger partial charge in [-0.15, -0.1) is 0 Å². The van der Waals surface area contributed by atoms with Crippen LogP contribution in [0.4, 0.5) is 0 Å². The highest BCUT2D eigenvalue weighted by molar-refractivity contribution is 6.32. The van der Waals surface area contributed by atoms with E-state index in [-0.39, 0.29) is 18.4 Å². The van der Waals surface area contributed by atoms with Crippen LogP contribution in [0.5, 0.6) is 5.75 Å². The number of ether oxygens (including phenoxy) is 1. The van der Waals surface area contributed by atoms with Crippen LogP contribution in [-0.2, 0) is 16.0 Å². The van der Waals surface area contributed by atoms with Crippen molar-refractivity contribution >= 4 is 23.4 Å². The van der Waals surface area contributed by atoms with E-state index in [0.717, 1.165) is 5.56 Å². The molecule has 0 aliphatic rings. The number of halogens is 1. The van der Waals surface area contributed by atoms with E-state index >= 15 is 0 Å². The summed E-state index contributed by atoms with van der Waals surface area (Å²) in [5.41, 5.74) is 1.11. The van der Waals surface area contributed by atoms with Gasteiger partial charge in [0.1, 0.15) is 11.8 Å². The molecule has 5 nitrogen and oxygen atoms in total. The average Bonchev–Trinajstić information content (AvgIpc) is 2.71. The first-order valence-corrected chi connectivity index (χ1v) is 9.93. The minimum Gasteiger partial charge on any atom is -0.482 e. The molecule has 2 amide bonds. The van der Waals surface area contributed by atoms with Crippen molar-refractivity contribution in [3.05, 3.63) is 65.2 Å². The molecule has 1 atom stereocenters. The summed E-state index contributed by atoms with van der Waals surface area (Å²) < 4.78 is 5.61. The second kappa shape index (κ2) is 11.3. The number of hydrogen-bond acceptors (Lipinski definition) is 3. The van der Waals surface area contributed by atoms with Gasteiger partial charge in [0.15, 0.2) is 6.61 Å². The molecule has 0 radical (unpaired) electrons. The lowest BCUT2D eigenvalue weighted by atomic mass is 10.1. The summed E-state index contributed by atoms with van der Waals surface area (Å²) in [6.07, 6.45) is 1.19. The summed E-state index contributed by atoms with van der Waals surface area (Å²) in [7, 11) is 0. The fourth-order valence-electron chi connectivity index (χ4n) is 2.97. The van der Waals surface area contributed by atoms with Crippen LogP contribution < -0.4 is 10.1 Å². The Kier molecular flexibility index (Phi) is 8.82. The summed E-state index contributed by atoms with van der Waals surface area (Å²) in [4.78, 5) is 27.0. The molecule has 0 aliphatic heterocycles. The zero-order valence-electron chi connectivity index (χ0n) is 16.4. The van der Waals surface area contributed by atoms with Crippen LogP contribution in [0.2, 0.25) is 5.02 Å². The smallest absolute Gasteiger partial charge is 0.261 e. The molecule has 0 bridgehead atoms. The van der Waals surface area contributed by atoms with Crippen molar-refractivity contribution in [2.45, 2.75) is 32.7 Å². The minimum absolute atomic E-state index is 0.149. The number of carbonyl (C=O) groups excluding carboxylic acids is 2. The first kappa shape index (κ1) is 21.8. The molecule has 0 heterocycles. The first-order chi connectivity index (χ1) is 13.6. The number of nitrogens with one attached hydrogen (secondary N) is 1. The normalized spacial score (nSPS) is 11.5. The quantitative estimate of drug-likeness (QED) is 0.659. The van der Waals surface area contributed by atoms with Crippen LogP contribution in [0.3, 0.4) is 0 Å². The minimum atomic E-state index is -0.536. The fraction of sp³-hybridized carbons (Fsp3) is 0.364. The highest BCUT2D eigenvalue weighted by Gasteiger charge is 2.28. The van der Waals surface area contributed by atoms with Gasteiger partial charge < -0.3 is 15.0 Å². The van der Waals surface area contributed by atoms with Gasteiger partial charge in [-0.3, -0.25) is 9.59 Å². The zero-order chi connectivity index (χ0) is 20.4. The van der Waals surface area contributed by atoms with Crippen LogP contribution in [0, 0.1) is 0 Å². The predicted molar refractivity (Wildman–Crippen MR) is 112 cm³/mol. The van der Waals surface area contributed by atoms with Crippen LogP contribution in [-0.4, -0.2) is 42.5 Å². The molecule has 1 N–H and O–H groups in total. The zero-order valence-corrected chi connectivity index (χ0v) is 17.1. The van der Waals surface area contributed by atoms with Crippen LogP contribution in [0.25, 0.3) is 0 Å². The predicted octanol–water partition coefficient (Wildman–Crippen LogP) is 3.70. The van der Waals surface area contributed by atoms with Gasteiger partial charge in [0.25, 0.3) is 5.91 Å². The van der Waals surface area contributed by atoms with E-state index in [9.17, 15) is 9.59 Å². The molecular weight excluding hydrogens is 376 g/mol. The molecule has 0 fully saturated rings. The second-order valence-electron chi connectivity index (χ2n) is 6.36. The van der Waals surface area contributed by atoms with Gasteiger partial charge in [-0.25, -0.2) is 0 Å². The van der Waals surface area contributed by atoms with Crippen molar-refractivity contribution in [2.24, 2.45) is 0 Å². The summed E-state index contributed by atoms with van der Waals surface area (Å²) in [6.45, 7) is 4.55. The molecule has 2 aromatic carbocycles. The third-order valence-corrected chi connectivity index (χ3v) is 4.72. The SMILES string of the molecule is CCNC(=O)[C@@H](CC)N(CCc1ccccc1)C(=O)COc1ccccc1Cl. The van der Waals surface area contributed by atoms with Crippen molar-refractivity contribution in [1.82, 2.24) is 10.2 Å². The maximum atomic E-state index is 12.9. The number of para-hydroxylation sites is 1. The van der Waals surface area contributed by atoms with Gasteiger partial charge in [-0.05, 0) is 37.5 Å². The lowest BCUT2D eigenvalue weighted by molar-refractivity contribution is -0.142. The second-order valence-corrected chi connectivity index (χ2v) is 6.77. The van der Waals surface area contributed by atoms with E-state index < -0.39 is 6.04 Å². The van der Waals surface area contributed by atoms with Crippen LogP contribution >= 0.6 is 11.6 Å². The standard InChI is InChI=1S/C22H27ClN2O3/c1-3-19(22(27)24-4-2)25(15-14-17-10-6-5-7-11-17)21(26)16-28-20-13-9-8-12-18(20)23/h5-13,19H,3-4,14-16H2,1-2H3,(H,24,27)/t19-/m1/s1. The third kappa shape index (κ3) is 6.27. The molecule has 0 saturated carbocycles. The Balaban J connectivity index is 2.11. The molecular formula is C22H27ClN2O3. The molecule has 28 heavy (non-hydrogen) atoms. The van der Waals surface area contributed by atoms with Gasteiger partial charge >= 0.3 is 0 Å².